The summed E-state index contributed by atoms with van der Waals surface area (Å²) < 4.78 is 19.9. The van der Waals surface area contributed by atoms with Gasteiger partial charge in [-0.15, -0.1) is 11.3 Å². The van der Waals surface area contributed by atoms with Crippen molar-refractivity contribution >= 4 is 73.9 Å². The third-order valence-corrected chi connectivity index (χ3v) is 6.50. The van der Waals surface area contributed by atoms with Crippen molar-refractivity contribution in [1.29, 1.82) is 0 Å². The largest absolute Gasteiger partial charge is 0.481 e. The maximum atomic E-state index is 13.8. The quantitative estimate of drug-likeness (QED) is 0.527. The molecule has 150 valence electrons. The van der Waals surface area contributed by atoms with Gasteiger partial charge >= 0.3 is 5.97 Å². The van der Waals surface area contributed by atoms with E-state index in [0.717, 1.165) is 6.07 Å². The van der Waals surface area contributed by atoms with Crippen LogP contribution in [-0.2, 0) is 16.1 Å². The Balaban J connectivity index is 1.77. The smallest absolute Gasteiger partial charge is 0.307 e. The van der Waals surface area contributed by atoms with E-state index < -0.39 is 30.2 Å². The number of fused-ring (bicyclic) bond motifs is 2. The Morgan fingerprint density at radius 3 is 2.76 bits per heavy atom. The normalized spacial score (nSPS) is 16.1. The van der Waals surface area contributed by atoms with Gasteiger partial charge in [-0.1, -0.05) is 34.8 Å². The van der Waals surface area contributed by atoms with Crippen LogP contribution in [0.2, 0.25) is 15.1 Å². The molecule has 0 saturated heterocycles. The molecule has 2 heterocycles. The van der Waals surface area contributed by atoms with Crippen LogP contribution in [0.3, 0.4) is 0 Å². The van der Waals surface area contributed by atoms with Crippen molar-refractivity contribution < 1.29 is 23.8 Å². The molecule has 11 heteroatoms. The number of anilines is 1. The highest BCUT2D eigenvalue weighted by Crippen LogP contribution is 2.41. The van der Waals surface area contributed by atoms with Gasteiger partial charge in [0.15, 0.2) is 6.10 Å². The number of carbonyl (C=O) groups is 2. The Hall–Kier alpha value is -2.13. The number of carboxylic acids is 1. The molecule has 1 unspecified atom stereocenters. The minimum Gasteiger partial charge on any atom is -0.481 e. The fourth-order valence-electron chi connectivity index (χ4n) is 2.98. The van der Waals surface area contributed by atoms with E-state index in [-0.39, 0.29) is 28.0 Å². The summed E-state index contributed by atoms with van der Waals surface area (Å²) in [6.45, 7) is -0.0433. The Bertz CT molecular complexity index is 1170. The number of aromatic nitrogens is 1. The van der Waals surface area contributed by atoms with Crippen molar-refractivity contribution in [3.8, 4) is 5.75 Å². The fourth-order valence-corrected chi connectivity index (χ4v) is 4.76. The molecule has 4 rings (SSSR count). The number of carboxylic acid groups (broad SMARTS) is 1. The molecule has 0 aliphatic carbocycles. The minimum atomic E-state index is -1.23. The van der Waals surface area contributed by atoms with Crippen LogP contribution in [0.1, 0.15) is 11.4 Å². The predicted molar refractivity (Wildman–Crippen MR) is 109 cm³/mol. The number of thiazole rings is 1. The molecule has 1 aliphatic heterocycles. The summed E-state index contributed by atoms with van der Waals surface area (Å²) >= 11 is 19.7. The number of hydrogen-bond acceptors (Lipinski definition) is 5. The van der Waals surface area contributed by atoms with Crippen molar-refractivity contribution in [3.63, 3.8) is 0 Å². The first-order valence-corrected chi connectivity index (χ1v) is 10.1. The highest BCUT2D eigenvalue weighted by atomic mass is 35.5. The van der Waals surface area contributed by atoms with Crippen molar-refractivity contribution in [2.24, 2.45) is 0 Å². The number of carbonyl (C=O) groups excluding carboxylic acids is 1. The van der Waals surface area contributed by atoms with Crippen molar-refractivity contribution in [2.45, 2.75) is 19.1 Å². The summed E-state index contributed by atoms with van der Waals surface area (Å²) in [6.07, 6.45) is -1.76. The van der Waals surface area contributed by atoms with Crippen LogP contribution in [-0.4, -0.2) is 28.1 Å². The van der Waals surface area contributed by atoms with E-state index in [4.69, 9.17) is 44.6 Å². The molecule has 0 spiro atoms. The van der Waals surface area contributed by atoms with Crippen LogP contribution in [0.15, 0.2) is 24.3 Å². The summed E-state index contributed by atoms with van der Waals surface area (Å²) in [7, 11) is 0. The van der Waals surface area contributed by atoms with Crippen LogP contribution in [0.5, 0.6) is 5.75 Å². The van der Waals surface area contributed by atoms with Gasteiger partial charge in [0.05, 0.1) is 38.4 Å². The summed E-state index contributed by atoms with van der Waals surface area (Å²) in [6, 6.07) is 5.17. The molecular weight excluding hydrogens is 466 g/mol. The van der Waals surface area contributed by atoms with Gasteiger partial charge in [0, 0.05) is 6.07 Å². The number of aliphatic carboxylic acids is 1. The Labute approximate surface area is 182 Å². The minimum absolute atomic E-state index is 0.0433. The molecule has 1 N–H and O–H groups in total. The fraction of sp³-hybridized carbons (Fsp3) is 0.167. The zero-order valence-electron chi connectivity index (χ0n) is 14.3. The average molecular weight is 476 g/mol. The molecule has 3 aromatic rings. The van der Waals surface area contributed by atoms with E-state index >= 15 is 0 Å². The number of rotatable bonds is 4. The molecule has 29 heavy (non-hydrogen) atoms. The first kappa shape index (κ1) is 20.2. The molecule has 6 nitrogen and oxygen atoms in total. The lowest BCUT2D eigenvalue weighted by molar-refractivity contribution is -0.142. The summed E-state index contributed by atoms with van der Waals surface area (Å²) in [5.41, 5.74) is 0.581. The van der Waals surface area contributed by atoms with E-state index in [1.54, 1.807) is 0 Å². The lowest BCUT2D eigenvalue weighted by Gasteiger charge is -2.33. The summed E-state index contributed by atoms with van der Waals surface area (Å²) in [5.74, 6) is -2.16. The van der Waals surface area contributed by atoms with E-state index in [9.17, 15) is 14.0 Å². The molecule has 1 amide bonds. The molecule has 1 aliphatic rings. The number of ether oxygens (including phenoxy) is 1. The highest BCUT2D eigenvalue weighted by Gasteiger charge is 2.36. The SMILES string of the molecule is O=C(O)CC1Oc2ccc(F)cc2N(Cc2nc3c(Cl)c(Cl)cc(Cl)c3s2)C1=O. The lowest BCUT2D eigenvalue weighted by atomic mass is 10.1. The van der Waals surface area contributed by atoms with Crippen LogP contribution < -0.4 is 9.64 Å². The lowest BCUT2D eigenvalue weighted by Crippen LogP contribution is -2.46. The number of amides is 1. The van der Waals surface area contributed by atoms with Crippen LogP contribution >= 0.6 is 46.1 Å². The molecule has 1 aromatic heterocycles. The van der Waals surface area contributed by atoms with Gasteiger partial charge in [-0.3, -0.25) is 14.5 Å². The zero-order valence-corrected chi connectivity index (χ0v) is 17.4. The van der Waals surface area contributed by atoms with Gasteiger partial charge in [0.1, 0.15) is 22.1 Å². The third kappa shape index (κ3) is 3.73. The Morgan fingerprint density at radius 2 is 2.03 bits per heavy atom. The van der Waals surface area contributed by atoms with Gasteiger partial charge in [0.25, 0.3) is 5.91 Å². The van der Waals surface area contributed by atoms with E-state index in [0.29, 0.717) is 20.2 Å². The van der Waals surface area contributed by atoms with Crippen molar-refractivity contribution in [1.82, 2.24) is 4.98 Å². The standard InChI is InChI=1S/C18H10Cl3FN2O4S/c19-8-4-9(20)17-16(15(8)21)23-13(29-17)6-24-10-3-7(22)1-2-11(10)28-12(18(24)27)5-14(25)26/h1-4,12H,5-6H2,(H,25,26). The predicted octanol–water partition coefficient (Wildman–Crippen LogP) is 5.16. The molecular formula is C18H10Cl3FN2O4S. The summed E-state index contributed by atoms with van der Waals surface area (Å²) in [4.78, 5) is 29.6. The number of hydrogen-bond donors (Lipinski definition) is 1. The zero-order chi connectivity index (χ0) is 20.9. The van der Waals surface area contributed by atoms with E-state index in [1.165, 1.54) is 34.4 Å². The third-order valence-electron chi connectivity index (χ3n) is 4.24. The number of nitrogens with zero attached hydrogens (tertiary/aromatic N) is 2. The van der Waals surface area contributed by atoms with Crippen LogP contribution in [0.4, 0.5) is 10.1 Å². The molecule has 0 fully saturated rings. The highest BCUT2D eigenvalue weighted by molar-refractivity contribution is 7.19. The topological polar surface area (TPSA) is 79.7 Å². The maximum Gasteiger partial charge on any atom is 0.307 e. The number of halogens is 4. The second kappa shape index (κ2) is 7.60. The molecule has 0 saturated carbocycles. The monoisotopic (exact) mass is 474 g/mol. The average Bonchev–Trinajstić information content (AvgIpc) is 3.08. The summed E-state index contributed by atoms with van der Waals surface area (Å²) in [5, 5.41) is 10.4. The Morgan fingerprint density at radius 1 is 1.28 bits per heavy atom. The van der Waals surface area contributed by atoms with E-state index in [1.807, 2.05) is 0 Å². The van der Waals surface area contributed by atoms with Gasteiger partial charge < -0.3 is 9.84 Å². The van der Waals surface area contributed by atoms with Gasteiger partial charge in [-0.05, 0) is 18.2 Å². The Kier molecular flexibility index (Phi) is 5.29. The second-order valence-electron chi connectivity index (χ2n) is 6.18. The molecule has 0 bridgehead atoms. The maximum absolute atomic E-state index is 13.8. The number of benzene rings is 2. The van der Waals surface area contributed by atoms with Crippen molar-refractivity contribution in [3.05, 3.63) is 50.2 Å². The van der Waals surface area contributed by atoms with Gasteiger partial charge in [0.2, 0.25) is 0 Å². The van der Waals surface area contributed by atoms with Crippen LogP contribution in [0, 0.1) is 5.82 Å². The van der Waals surface area contributed by atoms with Crippen molar-refractivity contribution in [2.75, 3.05) is 4.90 Å². The first-order chi connectivity index (χ1) is 13.7. The molecule has 0 radical (unpaired) electrons. The van der Waals surface area contributed by atoms with E-state index in [2.05, 4.69) is 4.98 Å². The van der Waals surface area contributed by atoms with Crippen LogP contribution in [0.25, 0.3) is 10.2 Å². The first-order valence-electron chi connectivity index (χ1n) is 8.17. The second-order valence-corrected chi connectivity index (χ2v) is 8.46. The van der Waals surface area contributed by atoms with Gasteiger partial charge in [-0.25, -0.2) is 9.37 Å². The van der Waals surface area contributed by atoms with Gasteiger partial charge in [-0.2, -0.15) is 0 Å². The molecule has 1 atom stereocenters. The molecule has 2 aromatic carbocycles.